The molecule has 0 bridgehead atoms. The molecule has 1 heterocycles. The number of sulfonamides is 1. The summed E-state index contributed by atoms with van der Waals surface area (Å²) in [5.41, 5.74) is 0. The van der Waals surface area contributed by atoms with E-state index in [2.05, 4.69) is 9.82 Å². The molecule has 19 heavy (non-hydrogen) atoms. The van der Waals surface area contributed by atoms with E-state index in [9.17, 15) is 12.8 Å². The third-order valence-corrected chi connectivity index (χ3v) is 4.02. The first kappa shape index (κ1) is 13.7. The number of hydrogen-bond acceptors (Lipinski definition) is 3. The van der Waals surface area contributed by atoms with Crippen molar-refractivity contribution in [1.29, 1.82) is 0 Å². The van der Waals surface area contributed by atoms with Gasteiger partial charge in [0.25, 0.3) is 0 Å². The van der Waals surface area contributed by atoms with Gasteiger partial charge in [0.2, 0.25) is 10.0 Å². The lowest BCUT2D eigenvalue weighted by Gasteiger charge is -2.06. The van der Waals surface area contributed by atoms with Crippen molar-refractivity contribution in [3.8, 4) is 0 Å². The van der Waals surface area contributed by atoms with Crippen LogP contribution in [0.2, 0.25) is 0 Å². The molecule has 2 rings (SSSR count). The molecule has 7 heteroatoms. The lowest BCUT2D eigenvalue weighted by Crippen LogP contribution is -2.25. The molecule has 1 aromatic heterocycles. The van der Waals surface area contributed by atoms with Crippen molar-refractivity contribution in [1.82, 2.24) is 14.5 Å². The summed E-state index contributed by atoms with van der Waals surface area (Å²) in [6.45, 7) is 0.943. The van der Waals surface area contributed by atoms with E-state index >= 15 is 0 Å². The second kappa shape index (κ2) is 5.94. The number of halogens is 1. The first-order chi connectivity index (χ1) is 9.08. The number of aryl methyl sites for hydroxylation is 1. The topological polar surface area (TPSA) is 64.0 Å². The van der Waals surface area contributed by atoms with Gasteiger partial charge in [-0.15, -0.1) is 0 Å². The van der Waals surface area contributed by atoms with Gasteiger partial charge in [0.05, 0.1) is 4.90 Å². The molecule has 2 aromatic rings. The molecule has 0 aliphatic rings. The minimum absolute atomic E-state index is 0.0630. The fraction of sp³-hybridized carbons (Fsp3) is 0.250. The summed E-state index contributed by atoms with van der Waals surface area (Å²) < 4.78 is 40.6. The van der Waals surface area contributed by atoms with E-state index in [1.807, 2.05) is 12.3 Å². The van der Waals surface area contributed by atoms with Gasteiger partial charge in [-0.05, 0) is 36.8 Å². The normalized spacial score (nSPS) is 11.6. The summed E-state index contributed by atoms with van der Waals surface area (Å²) in [4.78, 5) is 0.0630. The van der Waals surface area contributed by atoms with Gasteiger partial charge in [0, 0.05) is 25.5 Å². The maximum atomic E-state index is 12.7. The Bertz CT molecular complexity index is 609. The Labute approximate surface area is 111 Å². The molecule has 0 saturated heterocycles. The zero-order valence-electron chi connectivity index (χ0n) is 10.2. The van der Waals surface area contributed by atoms with Gasteiger partial charge in [-0.1, -0.05) is 0 Å². The Morgan fingerprint density at radius 2 is 2.00 bits per heavy atom. The molecule has 0 spiro atoms. The highest BCUT2D eigenvalue weighted by molar-refractivity contribution is 7.89. The lowest BCUT2D eigenvalue weighted by molar-refractivity contribution is 0.552. The van der Waals surface area contributed by atoms with Crippen molar-refractivity contribution in [2.45, 2.75) is 17.9 Å². The number of benzene rings is 1. The highest BCUT2D eigenvalue weighted by Crippen LogP contribution is 2.09. The molecular weight excluding hydrogens is 269 g/mol. The van der Waals surface area contributed by atoms with Gasteiger partial charge in [0.15, 0.2) is 0 Å². The minimum atomic E-state index is -3.56. The van der Waals surface area contributed by atoms with E-state index in [1.54, 1.807) is 10.9 Å². The molecular formula is C12H14FN3O2S. The summed E-state index contributed by atoms with van der Waals surface area (Å²) in [7, 11) is -3.56. The Hall–Kier alpha value is -1.73. The van der Waals surface area contributed by atoms with E-state index in [4.69, 9.17) is 0 Å². The first-order valence-electron chi connectivity index (χ1n) is 5.80. The molecule has 1 N–H and O–H groups in total. The predicted molar refractivity (Wildman–Crippen MR) is 68.4 cm³/mol. The molecule has 0 fully saturated rings. The largest absolute Gasteiger partial charge is 0.273 e. The molecule has 0 atom stereocenters. The third-order valence-electron chi connectivity index (χ3n) is 2.54. The predicted octanol–water partition coefficient (Wildman–Crippen LogP) is 1.39. The van der Waals surface area contributed by atoms with Crippen LogP contribution in [0, 0.1) is 5.82 Å². The number of hydrogen-bond donors (Lipinski definition) is 1. The second-order valence-electron chi connectivity index (χ2n) is 3.97. The maximum absolute atomic E-state index is 12.7. The van der Waals surface area contributed by atoms with E-state index in [1.165, 1.54) is 12.1 Å². The molecule has 1 aromatic carbocycles. The fourth-order valence-corrected chi connectivity index (χ4v) is 2.65. The van der Waals surface area contributed by atoms with E-state index in [-0.39, 0.29) is 4.90 Å². The average molecular weight is 283 g/mol. The van der Waals surface area contributed by atoms with Crippen molar-refractivity contribution in [3.05, 3.63) is 48.5 Å². The zero-order chi connectivity index (χ0) is 13.7. The van der Waals surface area contributed by atoms with Gasteiger partial charge < -0.3 is 0 Å². The molecule has 5 nitrogen and oxygen atoms in total. The molecule has 0 aliphatic carbocycles. The molecule has 0 saturated carbocycles. The summed E-state index contributed by atoms with van der Waals surface area (Å²) in [5.74, 6) is -0.461. The molecule has 0 amide bonds. The monoisotopic (exact) mass is 283 g/mol. The average Bonchev–Trinajstić information content (AvgIpc) is 2.88. The van der Waals surface area contributed by atoms with Crippen molar-refractivity contribution >= 4 is 10.0 Å². The van der Waals surface area contributed by atoms with Crippen molar-refractivity contribution < 1.29 is 12.8 Å². The number of rotatable bonds is 6. The fourth-order valence-electron chi connectivity index (χ4n) is 1.58. The highest BCUT2D eigenvalue weighted by atomic mass is 32.2. The molecule has 0 radical (unpaired) electrons. The molecule has 0 unspecified atom stereocenters. The van der Waals surface area contributed by atoms with Gasteiger partial charge in [0.1, 0.15) is 5.82 Å². The van der Waals surface area contributed by atoms with E-state index in [0.29, 0.717) is 19.5 Å². The lowest BCUT2D eigenvalue weighted by atomic mass is 10.4. The summed E-state index contributed by atoms with van der Waals surface area (Å²) >= 11 is 0. The number of nitrogens with one attached hydrogen (secondary N) is 1. The second-order valence-corrected chi connectivity index (χ2v) is 5.74. The van der Waals surface area contributed by atoms with Gasteiger partial charge in [-0.25, -0.2) is 17.5 Å². The van der Waals surface area contributed by atoms with Crippen LogP contribution in [0.4, 0.5) is 4.39 Å². The smallest absolute Gasteiger partial charge is 0.240 e. The summed E-state index contributed by atoms with van der Waals surface area (Å²) in [5, 5.41) is 4.02. The van der Waals surface area contributed by atoms with Crippen LogP contribution < -0.4 is 4.72 Å². The van der Waals surface area contributed by atoms with Crippen molar-refractivity contribution in [3.63, 3.8) is 0 Å². The third kappa shape index (κ3) is 3.87. The summed E-state index contributed by atoms with van der Waals surface area (Å²) in [6, 6.07) is 6.54. The van der Waals surface area contributed by atoms with Crippen LogP contribution in [0.1, 0.15) is 6.42 Å². The number of aromatic nitrogens is 2. The Balaban J connectivity index is 1.86. The summed E-state index contributed by atoms with van der Waals surface area (Å²) in [6.07, 6.45) is 4.11. The van der Waals surface area contributed by atoms with Crippen LogP contribution in [0.5, 0.6) is 0 Å². The quantitative estimate of drug-likeness (QED) is 0.815. The van der Waals surface area contributed by atoms with Gasteiger partial charge >= 0.3 is 0 Å². The van der Waals surface area contributed by atoms with Crippen LogP contribution in [0.3, 0.4) is 0 Å². The first-order valence-corrected chi connectivity index (χ1v) is 7.29. The van der Waals surface area contributed by atoms with Crippen LogP contribution in [0.25, 0.3) is 0 Å². The molecule has 102 valence electrons. The Morgan fingerprint density at radius 3 is 2.63 bits per heavy atom. The van der Waals surface area contributed by atoms with Crippen LogP contribution >= 0.6 is 0 Å². The van der Waals surface area contributed by atoms with Crippen LogP contribution in [-0.2, 0) is 16.6 Å². The molecule has 0 aliphatic heterocycles. The maximum Gasteiger partial charge on any atom is 0.240 e. The van der Waals surface area contributed by atoms with Crippen LogP contribution in [-0.4, -0.2) is 24.7 Å². The Kier molecular flexibility index (Phi) is 4.28. The SMILES string of the molecule is O=S(=O)(NCCCn1cccn1)c1ccc(F)cc1. The van der Waals surface area contributed by atoms with E-state index in [0.717, 1.165) is 12.1 Å². The minimum Gasteiger partial charge on any atom is -0.273 e. The van der Waals surface area contributed by atoms with Crippen molar-refractivity contribution in [2.75, 3.05) is 6.54 Å². The number of nitrogens with zero attached hydrogens (tertiary/aromatic N) is 2. The van der Waals surface area contributed by atoms with Crippen LogP contribution in [0.15, 0.2) is 47.6 Å². The van der Waals surface area contributed by atoms with Gasteiger partial charge in [-0.3, -0.25) is 4.68 Å². The van der Waals surface area contributed by atoms with Crippen molar-refractivity contribution in [2.24, 2.45) is 0 Å². The standard InChI is InChI=1S/C12H14FN3O2S/c13-11-3-5-12(6-4-11)19(17,18)15-8-2-10-16-9-1-7-14-16/h1,3-7,9,15H,2,8,10H2. The highest BCUT2D eigenvalue weighted by Gasteiger charge is 2.12. The van der Waals surface area contributed by atoms with Gasteiger partial charge in [-0.2, -0.15) is 5.10 Å². The Morgan fingerprint density at radius 1 is 1.26 bits per heavy atom. The zero-order valence-corrected chi connectivity index (χ0v) is 11.0. The van der Waals surface area contributed by atoms with E-state index < -0.39 is 15.8 Å².